The van der Waals surface area contributed by atoms with Gasteiger partial charge in [-0.15, -0.1) is 0 Å². The summed E-state index contributed by atoms with van der Waals surface area (Å²) in [5, 5.41) is 3.02. The number of amidine groups is 1. The van der Waals surface area contributed by atoms with Crippen LogP contribution in [-0.4, -0.2) is 62.7 Å². The molecular weight excluding hydrogens is 254 g/mol. The van der Waals surface area contributed by atoms with Crippen molar-refractivity contribution in [3.63, 3.8) is 0 Å². The van der Waals surface area contributed by atoms with Crippen molar-refractivity contribution >= 4 is 21.6 Å². The number of hydrogen-bond acceptors (Lipinski definition) is 5. The van der Waals surface area contributed by atoms with E-state index in [1.165, 1.54) is 4.90 Å². The number of nitrogens with zero attached hydrogens (tertiary/aromatic N) is 2. The average molecular weight is 273 g/mol. The molecule has 7 heteroatoms. The summed E-state index contributed by atoms with van der Waals surface area (Å²) in [6.07, 6.45) is 2.50. The molecule has 0 aromatic rings. The van der Waals surface area contributed by atoms with E-state index in [1.54, 1.807) is 7.05 Å². The van der Waals surface area contributed by atoms with Gasteiger partial charge < -0.3 is 10.2 Å². The second kappa shape index (κ2) is 5.26. The summed E-state index contributed by atoms with van der Waals surface area (Å²) in [4.78, 5) is 17.9. The predicted octanol–water partition coefficient (Wildman–Crippen LogP) is -0.586. The van der Waals surface area contributed by atoms with Crippen molar-refractivity contribution in [1.29, 1.82) is 0 Å². The quantitative estimate of drug-likeness (QED) is 0.729. The Bertz CT molecular complexity index is 458. The van der Waals surface area contributed by atoms with Crippen molar-refractivity contribution in [2.24, 2.45) is 4.99 Å². The second-order valence-electron chi connectivity index (χ2n) is 4.84. The molecule has 1 saturated heterocycles. The fourth-order valence-electron chi connectivity index (χ4n) is 2.25. The zero-order chi connectivity index (χ0) is 13.2. The van der Waals surface area contributed by atoms with E-state index in [1.807, 2.05) is 0 Å². The second-order valence-corrected chi connectivity index (χ2v) is 7.07. The molecule has 0 aromatic heterocycles. The molecule has 2 aliphatic heterocycles. The van der Waals surface area contributed by atoms with Gasteiger partial charge in [0, 0.05) is 26.2 Å². The molecule has 6 nitrogen and oxygen atoms in total. The molecule has 1 amide bonds. The minimum atomic E-state index is -2.97. The van der Waals surface area contributed by atoms with Crippen LogP contribution in [-0.2, 0) is 14.6 Å². The van der Waals surface area contributed by atoms with Gasteiger partial charge in [-0.1, -0.05) is 0 Å². The molecule has 0 bridgehead atoms. The summed E-state index contributed by atoms with van der Waals surface area (Å²) in [6.45, 7) is 1.41. The number of carbonyl (C=O) groups excluding carboxylic acids is 1. The molecule has 0 saturated carbocycles. The Morgan fingerprint density at radius 3 is 2.89 bits per heavy atom. The highest BCUT2D eigenvalue weighted by Crippen LogP contribution is 2.16. The van der Waals surface area contributed by atoms with Crippen LogP contribution in [0.4, 0.5) is 0 Å². The normalized spacial score (nSPS) is 26.9. The third-order valence-corrected chi connectivity index (χ3v) is 5.18. The Hall–Kier alpha value is -1.11. The molecule has 18 heavy (non-hydrogen) atoms. The lowest BCUT2D eigenvalue weighted by molar-refractivity contribution is -0.124. The van der Waals surface area contributed by atoms with E-state index < -0.39 is 9.84 Å². The lowest BCUT2D eigenvalue weighted by atomic mass is 10.2. The van der Waals surface area contributed by atoms with Crippen LogP contribution in [0, 0.1) is 0 Å². The van der Waals surface area contributed by atoms with E-state index in [9.17, 15) is 13.2 Å². The Balaban J connectivity index is 2.02. The Morgan fingerprint density at radius 1 is 1.44 bits per heavy atom. The number of likely N-dealkylation sites (N-methyl/N-ethyl adjacent to an activating group) is 1. The summed E-state index contributed by atoms with van der Waals surface area (Å²) in [6, 6.07) is -0.213. The van der Waals surface area contributed by atoms with Crippen LogP contribution in [0.5, 0.6) is 0 Å². The number of hydrogen-bond donors (Lipinski definition) is 1. The molecular formula is C11H19N3O3S. The maximum atomic E-state index is 12.2. The first-order chi connectivity index (χ1) is 8.49. The Morgan fingerprint density at radius 2 is 2.22 bits per heavy atom. The predicted molar refractivity (Wildman–Crippen MR) is 69.4 cm³/mol. The minimum Gasteiger partial charge on any atom is -0.366 e. The van der Waals surface area contributed by atoms with Gasteiger partial charge >= 0.3 is 0 Å². The van der Waals surface area contributed by atoms with Gasteiger partial charge in [0.15, 0.2) is 15.7 Å². The fourth-order valence-corrected chi connectivity index (χ4v) is 4.02. The van der Waals surface area contributed by atoms with Crippen LogP contribution in [0.1, 0.15) is 19.3 Å². The van der Waals surface area contributed by atoms with E-state index in [4.69, 9.17) is 0 Å². The molecule has 1 atom stereocenters. The number of carbonyl (C=O) groups is 1. The monoisotopic (exact) mass is 273 g/mol. The number of rotatable bonds is 2. The number of amides is 1. The number of aliphatic imine (C=N–C) groups is 1. The van der Waals surface area contributed by atoms with Gasteiger partial charge in [-0.3, -0.25) is 9.79 Å². The van der Waals surface area contributed by atoms with E-state index in [2.05, 4.69) is 10.3 Å². The molecule has 1 N–H and O–H groups in total. The number of sulfone groups is 1. The maximum absolute atomic E-state index is 12.2. The summed E-state index contributed by atoms with van der Waals surface area (Å²) in [7, 11) is -1.31. The van der Waals surface area contributed by atoms with Crippen molar-refractivity contribution in [2.45, 2.75) is 25.3 Å². The molecule has 0 aliphatic carbocycles. The van der Waals surface area contributed by atoms with Crippen LogP contribution < -0.4 is 5.32 Å². The average Bonchev–Trinajstić information content (AvgIpc) is 2.57. The van der Waals surface area contributed by atoms with Crippen LogP contribution in [0.2, 0.25) is 0 Å². The topological polar surface area (TPSA) is 78.8 Å². The smallest absolute Gasteiger partial charge is 0.288 e. The Kier molecular flexibility index (Phi) is 3.89. The maximum Gasteiger partial charge on any atom is 0.288 e. The van der Waals surface area contributed by atoms with E-state index in [-0.39, 0.29) is 23.5 Å². The van der Waals surface area contributed by atoms with Crippen molar-refractivity contribution in [3.05, 3.63) is 0 Å². The zero-order valence-corrected chi connectivity index (χ0v) is 11.4. The van der Waals surface area contributed by atoms with Gasteiger partial charge in [-0.25, -0.2) is 8.42 Å². The summed E-state index contributed by atoms with van der Waals surface area (Å²) >= 11 is 0. The van der Waals surface area contributed by atoms with Crippen molar-refractivity contribution in [1.82, 2.24) is 10.2 Å². The first-order valence-electron chi connectivity index (χ1n) is 6.25. The lowest BCUT2D eigenvalue weighted by Gasteiger charge is -2.24. The third-order valence-electron chi connectivity index (χ3n) is 3.43. The standard InChI is InChI=1S/C11H19N3O3S/c1-14(9-4-7-18(16,17)8-9)11(15)10-12-5-2-3-6-13-10/h9H,2-8H2,1H3,(H,12,13). The highest BCUT2D eigenvalue weighted by Gasteiger charge is 2.34. The van der Waals surface area contributed by atoms with E-state index in [0.29, 0.717) is 18.8 Å². The van der Waals surface area contributed by atoms with Gasteiger partial charge in [0.1, 0.15) is 0 Å². The summed E-state index contributed by atoms with van der Waals surface area (Å²) < 4.78 is 22.8. The first kappa shape index (κ1) is 13.3. The molecule has 2 rings (SSSR count). The largest absolute Gasteiger partial charge is 0.366 e. The number of nitrogens with one attached hydrogen (secondary N) is 1. The first-order valence-corrected chi connectivity index (χ1v) is 8.08. The van der Waals surface area contributed by atoms with E-state index in [0.717, 1.165) is 19.4 Å². The van der Waals surface area contributed by atoms with Gasteiger partial charge in [0.2, 0.25) is 0 Å². The molecule has 2 aliphatic rings. The third kappa shape index (κ3) is 3.01. The molecule has 1 fully saturated rings. The van der Waals surface area contributed by atoms with Crippen LogP contribution in [0.3, 0.4) is 0 Å². The molecule has 2 heterocycles. The van der Waals surface area contributed by atoms with Gasteiger partial charge in [-0.05, 0) is 19.3 Å². The molecule has 102 valence electrons. The van der Waals surface area contributed by atoms with Crippen molar-refractivity contribution in [2.75, 3.05) is 31.6 Å². The lowest BCUT2D eigenvalue weighted by Crippen LogP contribution is -2.46. The minimum absolute atomic E-state index is 0.0719. The fraction of sp³-hybridized carbons (Fsp3) is 0.818. The van der Waals surface area contributed by atoms with Gasteiger partial charge in [0.05, 0.1) is 11.5 Å². The van der Waals surface area contributed by atoms with E-state index >= 15 is 0 Å². The van der Waals surface area contributed by atoms with Gasteiger partial charge in [-0.2, -0.15) is 0 Å². The summed E-state index contributed by atoms with van der Waals surface area (Å²) in [5.74, 6) is 0.427. The van der Waals surface area contributed by atoms with Crippen molar-refractivity contribution < 1.29 is 13.2 Å². The van der Waals surface area contributed by atoms with Crippen molar-refractivity contribution in [3.8, 4) is 0 Å². The van der Waals surface area contributed by atoms with Gasteiger partial charge in [0.25, 0.3) is 5.91 Å². The zero-order valence-electron chi connectivity index (χ0n) is 10.6. The van der Waals surface area contributed by atoms with Crippen LogP contribution >= 0.6 is 0 Å². The Labute approximate surface area is 107 Å². The molecule has 0 aromatic carbocycles. The molecule has 0 spiro atoms. The van der Waals surface area contributed by atoms with Crippen LogP contribution in [0.15, 0.2) is 4.99 Å². The molecule has 0 radical (unpaired) electrons. The molecule has 1 unspecified atom stereocenters. The highest BCUT2D eigenvalue weighted by atomic mass is 32.2. The highest BCUT2D eigenvalue weighted by molar-refractivity contribution is 7.91. The van der Waals surface area contributed by atoms with Crippen LogP contribution in [0.25, 0.3) is 0 Å². The summed E-state index contributed by atoms with van der Waals surface area (Å²) in [5.41, 5.74) is 0. The SMILES string of the molecule is CN(C(=O)C1=NCCCCN1)C1CCS(=O)(=O)C1.